The molecule has 0 aliphatic carbocycles. The predicted molar refractivity (Wildman–Crippen MR) is 113 cm³/mol. The largest absolute Gasteiger partial charge is 0.457 e. The average molecular weight is 434 g/mol. The lowest BCUT2D eigenvalue weighted by molar-refractivity contribution is -0.126. The molecule has 3 aliphatic heterocycles. The number of hydrogen-bond donors (Lipinski definition) is 2. The monoisotopic (exact) mass is 433 g/mol. The predicted octanol–water partition coefficient (Wildman–Crippen LogP) is 2.89. The van der Waals surface area contributed by atoms with Crippen LogP contribution in [0.2, 0.25) is 0 Å². The van der Waals surface area contributed by atoms with Crippen LogP contribution in [0.1, 0.15) is 28.8 Å². The first-order chi connectivity index (χ1) is 14.0. The van der Waals surface area contributed by atoms with E-state index in [0.717, 1.165) is 24.8 Å². The third-order valence-electron chi connectivity index (χ3n) is 5.51. The molecule has 0 unspecified atom stereocenters. The minimum atomic E-state index is -0.600. The Morgan fingerprint density at radius 1 is 1.13 bits per heavy atom. The van der Waals surface area contributed by atoms with Gasteiger partial charge in [0.15, 0.2) is 0 Å². The molecule has 0 spiro atoms. The van der Waals surface area contributed by atoms with E-state index in [4.69, 9.17) is 10.5 Å². The topological polar surface area (TPSA) is 84.7 Å². The molecule has 0 radical (unpaired) electrons. The summed E-state index contributed by atoms with van der Waals surface area (Å²) in [5.41, 5.74) is 6.62. The first-order valence-electron chi connectivity index (χ1n) is 9.89. The third-order valence-corrected chi connectivity index (χ3v) is 5.51. The smallest absolute Gasteiger partial charge is 0.257 e. The number of fused-ring (bicyclic) bond motifs is 4. The lowest BCUT2D eigenvalue weighted by Gasteiger charge is -2.23. The van der Waals surface area contributed by atoms with Crippen molar-refractivity contribution in [2.45, 2.75) is 25.3 Å². The summed E-state index contributed by atoms with van der Waals surface area (Å²) in [7, 11) is 0. The number of piperidine rings is 1. The molecule has 2 aromatic carbocycles. The van der Waals surface area contributed by atoms with Crippen molar-refractivity contribution in [3.8, 4) is 11.5 Å². The highest BCUT2D eigenvalue weighted by Crippen LogP contribution is 2.27. The number of carbonyl (C=O) groups excluding carboxylic acids is 2. The second-order valence-electron chi connectivity index (χ2n) is 7.62. The van der Waals surface area contributed by atoms with Crippen molar-refractivity contribution in [3.05, 3.63) is 59.4 Å². The number of nitrogens with zero attached hydrogens (tertiary/aromatic N) is 1. The molecule has 2 amide bonds. The van der Waals surface area contributed by atoms with Crippen molar-refractivity contribution in [2.75, 3.05) is 19.6 Å². The minimum Gasteiger partial charge on any atom is -0.457 e. The van der Waals surface area contributed by atoms with Crippen LogP contribution < -0.4 is 15.8 Å². The van der Waals surface area contributed by atoms with Gasteiger partial charge in [-0.15, -0.1) is 12.4 Å². The van der Waals surface area contributed by atoms with E-state index in [9.17, 15) is 14.0 Å². The Bertz CT molecular complexity index is 922. The van der Waals surface area contributed by atoms with Gasteiger partial charge < -0.3 is 20.7 Å². The van der Waals surface area contributed by atoms with E-state index in [1.165, 1.54) is 18.2 Å². The van der Waals surface area contributed by atoms with Crippen LogP contribution in [0.4, 0.5) is 4.39 Å². The maximum absolute atomic E-state index is 14.4. The Balaban J connectivity index is 0.00000256. The van der Waals surface area contributed by atoms with Gasteiger partial charge >= 0.3 is 0 Å². The van der Waals surface area contributed by atoms with Crippen LogP contribution in [0.15, 0.2) is 42.5 Å². The van der Waals surface area contributed by atoms with E-state index >= 15 is 0 Å². The lowest BCUT2D eigenvalue weighted by Crippen LogP contribution is -2.43. The van der Waals surface area contributed by atoms with Gasteiger partial charge in [0.2, 0.25) is 5.91 Å². The summed E-state index contributed by atoms with van der Waals surface area (Å²) in [6, 6.07) is 11.6. The molecule has 2 atom stereocenters. The Morgan fingerprint density at radius 3 is 2.57 bits per heavy atom. The highest BCUT2D eigenvalue weighted by atomic mass is 35.5. The van der Waals surface area contributed by atoms with Gasteiger partial charge in [-0.1, -0.05) is 12.1 Å². The number of ether oxygens (including phenoxy) is 1. The first kappa shape index (κ1) is 22.1. The molecule has 5 rings (SSSR count). The van der Waals surface area contributed by atoms with E-state index < -0.39 is 11.7 Å². The number of carbonyl (C=O) groups is 2. The fraction of sp³-hybridized carbons (Fsp3) is 0.364. The molecule has 30 heavy (non-hydrogen) atoms. The van der Waals surface area contributed by atoms with Crippen molar-refractivity contribution >= 4 is 24.2 Å². The quantitative estimate of drug-likeness (QED) is 0.759. The van der Waals surface area contributed by atoms with E-state index in [2.05, 4.69) is 5.32 Å². The van der Waals surface area contributed by atoms with Crippen LogP contribution in [0, 0.1) is 11.7 Å². The molecule has 3 heterocycles. The number of nitrogens with two attached hydrogens (primary N) is 1. The number of benzene rings is 2. The zero-order chi connectivity index (χ0) is 20.4. The van der Waals surface area contributed by atoms with Gasteiger partial charge in [-0.05, 0) is 61.7 Å². The van der Waals surface area contributed by atoms with Gasteiger partial charge in [-0.25, -0.2) is 4.39 Å². The standard InChI is InChI=1S/C22H24FN3O3.ClH/c23-20-8-7-18(29-17-5-1-14(2-6-17)9-10-24)11-19(20)22(28)26-12-15-3-4-16(13-26)25-21(15)27;/h1-2,5-8,11,15-16H,3-4,9-10,12-13,24H2,(H,25,27);1H/t15-,16+;/m1./s1. The third kappa shape index (κ3) is 4.74. The van der Waals surface area contributed by atoms with Crippen LogP contribution >= 0.6 is 12.4 Å². The van der Waals surface area contributed by atoms with Crippen LogP contribution in [-0.4, -0.2) is 42.4 Å². The van der Waals surface area contributed by atoms with Crippen LogP contribution in [0.5, 0.6) is 11.5 Å². The van der Waals surface area contributed by atoms with Gasteiger partial charge in [-0.3, -0.25) is 9.59 Å². The molecule has 6 nitrogen and oxygen atoms in total. The van der Waals surface area contributed by atoms with Gasteiger partial charge in [0.1, 0.15) is 17.3 Å². The zero-order valence-electron chi connectivity index (χ0n) is 16.5. The van der Waals surface area contributed by atoms with Crippen LogP contribution in [-0.2, 0) is 11.2 Å². The molecule has 2 bridgehead atoms. The van der Waals surface area contributed by atoms with Gasteiger partial charge in [0.05, 0.1) is 11.5 Å². The number of halogens is 2. The molecule has 160 valence electrons. The summed E-state index contributed by atoms with van der Waals surface area (Å²) in [5, 5.41) is 2.93. The molecule has 3 aliphatic rings. The maximum atomic E-state index is 14.4. The second-order valence-corrected chi connectivity index (χ2v) is 7.62. The molecule has 3 fully saturated rings. The highest BCUT2D eigenvalue weighted by Gasteiger charge is 2.37. The summed E-state index contributed by atoms with van der Waals surface area (Å²) < 4.78 is 20.2. The summed E-state index contributed by atoms with van der Waals surface area (Å²) in [4.78, 5) is 26.6. The summed E-state index contributed by atoms with van der Waals surface area (Å²) in [5.74, 6) is -0.290. The minimum absolute atomic E-state index is 0. The average Bonchev–Trinajstić information content (AvgIpc) is 3.02. The summed E-state index contributed by atoms with van der Waals surface area (Å²) in [6.07, 6.45) is 2.38. The van der Waals surface area contributed by atoms with Gasteiger partial charge in [-0.2, -0.15) is 0 Å². The normalized spacial score (nSPS) is 20.2. The fourth-order valence-electron chi connectivity index (χ4n) is 3.94. The second kappa shape index (κ2) is 9.45. The van der Waals surface area contributed by atoms with Crippen molar-refractivity contribution in [1.29, 1.82) is 0 Å². The molecule has 0 aromatic heterocycles. The van der Waals surface area contributed by atoms with E-state index in [0.29, 0.717) is 31.1 Å². The van der Waals surface area contributed by atoms with Crippen LogP contribution in [0.25, 0.3) is 0 Å². The molecule has 0 saturated carbocycles. The SMILES string of the molecule is Cl.NCCc1ccc(Oc2ccc(F)c(C(=O)N3C[C@@H]4CC[C@H](C3)C(=O)N4)c2)cc1. The maximum Gasteiger partial charge on any atom is 0.257 e. The zero-order valence-corrected chi connectivity index (χ0v) is 17.3. The van der Waals surface area contributed by atoms with Crippen molar-refractivity contribution < 1.29 is 18.7 Å². The Labute approximate surface area is 181 Å². The summed E-state index contributed by atoms with van der Waals surface area (Å²) >= 11 is 0. The van der Waals surface area contributed by atoms with Crippen molar-refractivity contribution in [1.82, 2.24) is 10.2 Å². The molecule has 8 heteroatoms. The number of hydrogen-bond acceptors (Lipinski definition) is 4. The van der Waals surface area contributed by atoms with E-state index in [1.807, 2.05) is 24.3 Å². The lowest BCUT2D eigenvalue weighted by atomic mass is 9.96. The molecule has 3 N–H and O–H groups in total. The van der Waals surface area contributed by atoms with E-state index in [1.54, 1.807) is 4.90 Å². The highest BCUT2D eigenvalue weighted by molar-refractivity contribution is 5.95. The Kier molecular flexibility index (Phi) is 6.95. The van der Waals surface area contributed by atoms with Gasteiger partial charge in [0.25, 0.3) is 5.91 Å². The Hall–Kier alpha value is -2.64. The molecular formula is C22H25ClFN3O3. The Morgan fingerprint density at radius 2 is 1.87 bits per heavy atom. The number of rotatable bonds is 5. The van der Waals surface area contributed by atoms with Crippen LogP contribution in [0.3, 0.4) is 0 Å². The van der Waals surface area contributed by atoms with E-state index in [-0.39, 0.29) is 35.8 Å². The van der Waals surface area contributed by atoms with Crippen molar-refractivity contribution in [2.24, 2.45) is 11.7 Å². The fourth-order valence-corrected chi connectivity index (χ4v) is 3.94. The molecular weight excluding hydrogens is 409 g/mol. The first-order valence-corrected chi connectivity index (χ1v) is 9.89. The number of amides is 2. The van der Waals surface area contributed by atoms with Crippen molar-refractivity contribution in [3.63, 3.8) is 0 Å². The molecule has 3 saturated heterocycles. The summed E-state index contributed by atoms with van der Waals surface area (Å²) in [6.45, 7) is 1.28. The van der Waals surface area contributed by atoms with Gasteiger partial charge in [0, 0.05) is 19.1 Å². The molecule has 2 aromatic rings. The number of nitrogens with one attached hydrogen (secondary N) is 1.